The number of aryl methyl sites for hydroxylation is 1. The van der Waals surface area contributed by atoms with Crippen molar-refractivity contribution in [3.05, 3.63) is 64.5 Å². The Bertz CT molecular complexity index is 1480. The minimum absolute atomic E-state index is 0.138. The first-order chi connectivity index (χ1) is 16.8. The van der Waals surface area contributed by atoms with Gasteiger partial charge in [-0.25, -0.2) is 23.1 Å². The van der Waals surface area contributed by atoms with Gasteiger partial charge in [-0.3, -0.25) is 10.1 Å². The molecular formula is C23H26N6O5S. The second kappa shape index (κ2) is 10.3. The Morgan fingerprint density at radius 1 is 1.11 bits per heavy atom. The van der Waals surface area contributed by atoms with Crippen LogP contribution in [0.2, 0.25) is 0 Å². The number of pyridine rings is 1. The Kier molecular flexibility index (Phi) is 7.24. The second-order valence-electron chi connectivity index (χ2n) is 7.96. The number of nitrogens with one attached hydrogen (secondary N) is 1. The number of para-hydroxylation sites is 2. The van der Waals surface area contributed by atoms with Crippen molar-refractivity contribution in [1.82, 2.24) is 19.3 Å². The first-order valence-corrected chi connectivity index (χ1v) is 12.6. The topological polar surface area (TPSA) is 155 Å². The van der Waals surface area contributed by atoms with E-state index in [0.717, 1.165) is 22.2 Å². The minimum Gasteiger partial charge on any atom is -0.384 e. The third kappa shape index (κ3) is 5.09. The summed E-state index contributed by atoms with van der Waals surface area (Å²) >= 11 is 0. The molecule has 184 valence electrons. The molecule has 11 nitrogen and oxygen atoms in total. The van der Waals surface area contributed by atoms with Gasteiger partial charge in [-0.05, 0) is 25.0 Å². The van der Waals surface area contributed by atoms with Gasteiger partial charge in [0.2, 0.25) is 10.0 Å². The van der Waals surface area contributed by atoms with E-state index in [-0.39, 0.29) is 11.4 Å². The van der Waals surface area contributed by atoms with Gasteiger partial charge in [0, 0.05) is 38.1 Å². The van der Waals surface area contributed by atoms with Crippen LogP contribution in [-0.2, 0) is 27.7 Å². The summed E-state index contributed by atoms with van der Waals surface area (Å²) in [5.41, 5.74) is 8.04. The lowest BCUT2D eigenvalue weighted by atomic mass is 10.2. The maximum absolute atomic E-state index is 12.6. The number of nitrogens with zero attached hydrogens (tertiary/aromatic N) is 4. The molecule has 4 aromatic rings. The number of sulfonamides is 1. The molecule has 0 fully saturated rings. The molecule has 0 amide bonds. The molecular weight excluding hydrogens is 472 g/mol. The molecule has 0 atom stereocenters. The minimum atomic E-state index is -4.01. The van der Waals surface area contributed by atoms with E-state index < -0.39 is 20.6 Å². The molecule has 0 bridgehead atoms. The van der Waals surface area contributed by atoms with Crippen molar-refractivity contribution in [2.75, 3.05) is 26.0 Å². The van der Waals surface area contributed by atoms with Gasteiger partial charge in [0.05, 0.1) is 22.6 Å². The van der Waals surface area contributed by atoms with Crippen LogP contribution in [0.5, 0.6) is 0 Å². The van der Waals surface area contributed by atoms with Crippen molar-refractivity contribution in [3.63, 3.8) is 0 Å². The van der Waals surface area contributed by atoms with Crippen LogP contribution < -0.4 is 10.5 Å². The number of nitro benzene ring substituents is 1. The van der Waals surface area contributed by atoms with Crippen LogP contribution in [-0.4, -0.2) is 48.1 Å². The smallest absolute Gasteiger partial charge is 0.289 e. The zero-order valence-electron chi connectivity index (χ0n) is 19.2. The summed E-state index contributed by atoms with van der Waals surface area (Å²) in [5, 5.41) is 12.1. The molecule has 0 saturated carbocycles. The van der Waals surface area contributed by atoms with E-state index in [1.165, 1.54) is 24.3 Å². The van der Waals surface area contributed by atoms with Crippen molar-refractivity contribution < 1.29 is 18.1 Å². The molecule has 35 heavy (non-hydrogen) atoms. The predicted octanol–water partition coefficient (Wildman–Crippen LogP) is 3.02. The number of nitro groups is 1. The van der Waals surface area contributed by atoms with Crippen LogP contribution in [0.3, 0.4) is 0 Å². The fraction of sp³-hybridized carbons (Fsp3) is 0.304. The zero-order chi connectivity index (χ0) is 25.0. The van der Waals surface area contributed by atoms with Crippen molar-refractivity contribution in [3.8, 4) is 0 Å². The maximum Gasteiger partial charge on any atom is 0.289 e. The number of nitrogen functional groups attached to an aromatic ring is 1. The number of anilines is 1. The van der Waals surface area contributed by atoms with Crippen molar-refractivity contribution in [1.29, 1.82) is 0 Å². The number of aromatic nitrogens is 3. The van der Waals surface area contributed by atoms with Crippen LogP contribution in [0.4, 0.5) is 11.5 Å². The van der Waals surface area contributed by atoms with Crippen LogP contribution in [0.1, 0.15) is 18.7 Å². The molecule has 0 spiro atoms. The monoisotopic (exact) mass is 498 g/mol. The molecule has 12 heteroatoms. The summed E-state index contributed by atoms with van der Waals surface area (Å²) in [6.45, 7) is 1.21. The summed E-state index contributed by atoms with van der Waals surface area (Å²) < 4.78 is 35.0. The van der Waals surface area contributed by atoms with Crippen LogP contribution in [0.25, 0.3) is 21.9 Å². The average molecular weight is 499 g/mol. The average Bonchev–Trinajstić information content (AvgIpc) is 3.21. The quantitative estimate of drug-likeness (QED) is 0.182. The Balaban J connectivity index is 1.52. The molecule has 0 aliphatic carbocycles. The van der Waals surface area contributed by atoms with Gasteiger partial charge in [-0.2, -0.15) is 0 Å². The number of unbranched alkanes of at least 4 members (excludes halogenated alkanes) is 1. The van der Waals surface area contributed by atoms with E-state index >= 15 is 0 Å². The van der Waals surface area contributed by atoms with E-state index in [1.807, 2.05) is 24.3 Å². The van der Waals surface area contributed by atoms with Crippen molar-refractivity contribution >= 4 is 43.5 Å². The number of hydrogen-bond acceptors (Lipinski definition) is 8. The highest BCUT2D eigenvalue weighted by Crippen LogP contribution is 2.29. The summed E-state index contributed by atoms with van der Waals surface area (Å²) in [4.78, 5) is 19.3. The number of nitrogens with two attached hydrogens (primary N) is 1. The fourth-order valence-corrected chi connectivity index (χ4v) is 5.29. The summed E-state index contributed by atoms with van der Waals surface area (Å²) in [6, 6.07) is 13.0. The van der Waals surface area contributed by atoms with E-state index in [9.17, 15) is 18.5 Å². The van der Waals surface area contributed by atoms with Crippen molar-refractivity contribution in [2.45, 2.75) is 30.7 Å². The second-order valence-corrected chi connectivity index (χ2v) is 9.70. The van der Waals surface area contributed by atoms with Gasteiger partial charge in [0.15, 0.2) is 10.7 Å². The summed E-state index contributed by atoms with van der Waals surface area (Å²) in [6.07, 6.45) is 1.74. The van der Waals surface area contributed by atoms with E-state index in [4.69, 9.17) is 15.5 Å². The third-order valence-corrected chi connectivity index (χ3v) is 7.18. The molecule has 2 aromatic carbocycles. The van der Waals surface area contributed by atoms with Gasteiger partial charge >= 0.3 is 0 Å². The highest BCUT2D eigenvalue weighted by molar-refractivity contribution is 7.89. The number of methoxy groups -OCH3 is 1. The lowest BCUT2D eigenvalue weighted by Gasteiger charge is -2.11. The van der Waals surface area contributed by atoms with E-state index in [2.05, 4.69) is 14.3 Å². The number of fused-ring (bicyclic) bond motifs is 3. The number of hydrogen-bond donors (Lipinski definition) is 2. The molecule has 0 saturated heterocycles. The molecule has 2 aromatic heterocycles. The molecule has 0 unspecified atom stereocenters. The lowest BCUT2D eigenvalue weighted by Crippen LogP contribution is -2.25. The van der Waals surface area contributed by atoms with Crippen LogP contribution in [0, 0.1) is 10.1 Å². The highest BCUT2D eigenvalue weighted by atomic mass is 32.2. The van der Waals surface area contributed by atoms with Gasteiger partial charge in [0.1, 0.15) is 11.3 Å². The predicted molar refractivity (Wildman–Crippen MR) is 133 cm³/mol. The number of ether oxygens (including phenoxy) is 1. The fourth-order valence-electron chi connectivity index (χ4n) is 4.04. The lowest BCUT2D eigenvalue weighted by molar-refractivity contribution is -0.387. The Hall–Kier alpha value is -3.61. The molecule has 2 heterocycles. The van der Waals surface area contributed by atoms with Gasteiger partial charge in [0.25, 0.3) is 5.69 Å². The SMILES string of the molecule is COCCc1nc2c(N)nc3ccccc3c2n1CCCCNS(=O)(=O)c1ccccc1[N+](=O)[O-]. The van der Waals surface area contributed by atoms with Gasteiger partial charge < -0.3 is 15.0 Å². The zero-order valence-corrected chi connectivity index (χ0v) is 20.0. The molecule has 0 aliphatic heterocycles. The van der Waals surface area contributed by atoms with E-state index in [1.54, 1.807) is 7.11 Å². The largest absolute Gasteiger partial charge is 0.384 e. The third-order valence-electron chi connectivity index (χ3n) is 5.67. The first-order valence-electron chi connectivity index (χ1n) is 11.1. The number of benzene rings is 2. The molecule has 0 radical (unpaired) electrons. The normalized spacial score (nSPS) is 11.9. The highest BCUT2D eigenvalue weighted by Gasteiger charge is 2.24. The maximum atomic E-state index is 12.6. The van der Waals surface area contributed by atoms with E-state index in [0.29, 0.717) is 43.7 Å². The Morgan fingerprint density at radius 2 is 1.86 bits per heavy atom. The molecule has 0 aliphatic rings. The van der Waals surface area contributed by atoms with Crippen LogP contribution in [0.15, 0.2) is 53.4 Å². The first kappa shape index (κ1) is 24.5. The Labute approximate surface area is 202 Å². The van der Waals surface area contributed by atoms with Gasteiger partial charge in [-0.1, -0.05) is 30.3 Å². The van der Waals surface area contributed by atoms with Crippen molar-refractivity contribution in [2.24, 2.45) is 0 Å². The standard InChI is InChI=1S/C23H26N6O5S/c1-34-15-12-20-27-21-22(16-8-2-3-9-17(16)26-23(21)24)28(20)14-7-6-13-25-35(32,33)19-11-5-4-10-18(19)29(30)31/h2-5,8-11,25H,6-7,12-15H2,1H3,(H2,24,26). The summed E-state index contributed by atoms with van der Waals surface area (Å²) in [5.74, 6) is 1.17. The summed E-state index contributed by atoms with van der Waals surface area (Å²) in [7, 11) is -2.39. The molecule has 4 rings (SSSR count). The Morgan fingerprint density at radius 3 is 2.63 bits per heavy atom. The number of rotatable bonds is 11. The number of imidazole rings is 1. The van der Waals surface area contributed by atoms with Gasteiger partial charge in [-0.15, -0.1) is 0 Å². The van der Waals surface area contributed by atoms with Crippen LogP contribution >= 0.6 is 0 Å². The molecule has 3 N–H and O–H groups in total.